The summed E-state index contributed by atoms with van der Waals surface area (Å²) < 4.78 is 80.5. The van der Waals surface area contributed by atoms with Crippen LogP contribution in [0.15, 0.2) is 53.1 Å². The van der Waals surface area contributed by atoms with E-state index in [2.05, 4.69) is 48.1 Å². The van der Waals surface area contributed by atoms with Crippen LogP contribution in [0.25, 0.3) is 11.3 Å². The van der Waals surface area contributed by atoms with Gasteiger partial charge in [0.1, 0.15) is 0 Å². The van der Waals surface area contributed by atoms with Gasteiger partial charge in [0.2, 0.25) is 5.95 Å². The van der Waals surface area contributed by atoms with E-state index in [1.165, 1.54) is 26.3 Å². The molecule has 2 saturated heterocycles. The Morgan fingerprint density at radius 2 is 1.46 bits per heavy atom. The van der Waals surface area contributed by atoms with Gasteiger partial charge in [0.15, 0.2) is 0 Å². The zero-order valence-electron chi connectivity index (χ0n) is 25.7. The van der Waals surface area contributed by atoms with Crippen molar-refractivity contribution >= 4 is 27.8 Å². The highest BCUT2D eigenvalue weighted by Gasteiger charge is 2.37. The lowest BCUT2D eigenvalue weighted by atomic mass is 10.0. The Kier molecular flexibility index (Phi) is 11.7. The molecule has 46 heavy (non-hydrogen) atoms. The van der Waals surface area contributed by atoms with Crippen LogP contribution in [0, 0.1) is 0 Å². The Labute approximate surface area is 272 Å². The Morgan fingerprint density at radius 3 is 1.98 bits per heavy atom. The molecule has 0 radical (unpaired) electrons. The molecule has 0 bridgehead atoms. The van der Waals surface area contributed by atoms with Crippen LogP contribution in [-0.4, -0.2) is 104 Å². The van der Waals surface area contributed by atoms with Gasteiger partial charge < -0.3 is 24.9 Å². The molecule has 8 nitrogen and oxygen atoms in total. The van der Waals surface area contributed by atoms with E-state index >= 15 is 0 Å². The third kappa shape index (κ3) is 9.39. The molecule has 1 N–H and O–H groups in total. The minimum absolute atomic E-state index is 0.0568. The molecule has 1 aromatic heterocycles. The second-order valence-electron chi connectivity index (χ2n) is 11.3. The van der Waals surface area contributed by atoms with Gasteiger partial charge in [-0.15, -0.1) is 0 Å². The summed E-state index contributed by atoms with van der Waals surface area (Å²) >= 11 is 3.47. The molecular weight excluding hydrogens is 680 g/mol. The van der Waals surface area contributed by atoms with Crippen molar-refractivity contribution in [1.82, 2.24) is 30.0 Å². The monoisotopic (exact) mass is 715 g/mol. The topological polar surface area (TPSA) is 67.8 Å². The number of piperazine rings is 2. The fourth-order valence-corrected chi connectivity index (χ4v) is 5.46. The van der Waals surface area contributed by atoms with Gasteiger partial charge in [-0.3, -0.25) is 4.79 Å². The van der Waals surface area contributed by atoms with Crippen molar-refractivity contribution in [3.63, 3.8) is 0 Å². The summed E-state index contributed by atoms with van der Waals surface area (Å²) in [6, 6.07) is 8.35. The van der Waals surface area contributed by atoms with E-state index in [1.807, 2.05) is 11.9 Å². The van der Waals surface area contributed by atoms with Crippen LogP contribution >= 0.6 is 15.9 Å². The number of benzene rings is 2. The molecule has 1 amide bonds. The summed E-state index contributed by atoms with van der Waals surface area (Å²) in [6.45, 7) is 7.20. The lowest BCUT2D eigenvalue weighted by Crippen LogP contribution is -2.45. The van der Waals surface area contributed by atoms with Crippen molar-refractivity contribution in [2.45, 2.75) is 18.9 Å². The highest BCUT2D eigenvalue weighted by Crippen LogP contribution is 2.37. The van der Waals surface area contributed by atoms with Crippen molar-refractivity contribution in [3.8, 4) is 11.3 Å². The average molecular weight is 717 g/mol. The van der Waals surface area contributed by atoms with Gasteiger partial charge in [-0.25, -0.2) is 9.97 Å². The molecule has 2 aliphatic rings. The molecular formula is C31H36BrF6N7O. The Balaban J connectivity index is 0.000000606. The molecule has 5 rings (SSSR count). The van der Waals surface area contributed by atoms with Gasteiger partial charge in [0.05, 0.1) is 22.4 Å². The number of likely N-dealkylation sites (N-methyl/N-ethyl adjacent to an activating group) is 2. The van der Waals surface area contributed by atoms with E-state index in [-0.39, 0.29) is 17.2 Å². The molecule has 2 aliphatic heterocycles. The number of alkyl halides is 6. The Bertz CT molecular complexity index is 1460. The van der Waals surface area contributed by atoms with Crippen LogP contribution in [0.5, 0.6) is 0 Å². The van der Waals surface area contributed by atoms with E-state index in [0.29, 0.717) is 46.9 Å². The second-order valence-corrected chi connectivity index (χ2v) is 12.2. The maximum atomic E-state index is 13.5. The summed E-state index contributed by atoms with van der Waals surface area (Å²) in [6.07, 6.45) is -8.63. The van der Waals surface area contributed by atoms with Crippen molar-refractivity contribution in [2.75, 3.05) is 78.4 Å². The number of carbonyl (C=O) groups is 1. The van der Waals surface area contributed by atoms with Crippen molar-refractivity contribution in [1.29, 1.82) is 0 Å². The fourth-order valence-electron chi connectivity index (χ4n) is 4.98. The largest absolute Gasteiger partial charge is 0.416 e. The van der Waals surface area contributed by atoms with Crippen molar-refractivity contribution in [3.05, 3.63) is 75.4 Å². The van der Waals surface area contributed by atoms with Crippen molar-refractivity contribution < 1.29 is 31.1 Å². The SMILES string of the molecule is CN1CCN(c2ncc(C(=O)N(C)Cc3cc(C(F)(F)F)cc(C(F)(F)F)c3)c(-c3ccccc3Br)n2)CC1.CN1CCNCC1. The van der Waals surface area contributed by atoms with E-state index < -0.39 is 35.9 Å². The Hall–Kier alpha value is -3.27. The molecule has 0 saturated carbocycles. The van der Waals surface area contributed by atoms with E-state index in [4.69, 9.17) is 0 Å². The first-order chi connectivity index (χ1) is 21.6. The normalized spacial score (nSPS) is 16.5. The molecule has 250 valence electrons. The molecule has 0 spiro atoms. The fraction of sp³-hybridized carbons (Fsp3) is 0.452. The third-order valence-corrected chi connectivity index (χ3v) is 8.37. The molecule has 15 heteroatoms. The number of rotatable bonds is 5. The van der Waals surface area contributed by atoms with Gasteiger partial charge in [-0.1, -0.05) is 34.1 Å². The number of nitrogens with one attached hydrogen (secondary N) is 1. The predicted octanol–water partition coefficient (Wildman–Crippen LogP) is 5.49. The van der Waals surface area contributed by atoms with Crippen molar-refractivity contribution in [2.24, 2.45) is 0 Å². The lowest BCUT2D eigenvalue weighted by molar-refractivity contribution is -0.143. The molecule has 3 aromatic rings. The second kappa shape index (κ2) is 15.1. The minimum Gasteiger partial charge on any atom is -0.338 e. The highest BCUT2D eigenvalue weighted by molar-refractivity contribution is 9.10. The van der Waals surface area contributed by atoms with Crippen LogP contribution in [0.4, 0.5) is 32.3 Å². The molecule has 0 aliphatic carbocycles. The first-order valence-corrected chi connectivity index (χ1v) is 15.4. The first kappa shape index (κ1) is 35.6. The highest BCUT2D eigenvalue weighted by atomic mass is 79.9. The first-order valence-electron chi connectivity index (χ1n) is 14.6. The number of hydrogen-bond acceptors (Lipinski definition) is 7. The number of hydrogen-bond donors (Lipinski definition) is 1. The van der Waals surface area contributed by atoms with Crippen LogP contribution in [0.1, 0.15) is 27.0 Å². The summed E-state index contributed by atoms with van der Waals surface area (Å²) in [5.74, 6) is -0.239. The molecule has 2 aromatic carbocycles. The summed E-state index contributed by atoms with van der Waals surface area (Å²) in [7, 11) is 5.46. The number of amides is 1. The van der Waals surface area contributed by atoms with Gasteiger partial charge in [0, 0.05) is 82.2 Å². The number of nitrogens with zero attached hydrogens (tertiary/aromatic N) is 6. The van der Waals surface area contributed by atoms with Crippen LogP contribution < -0.4 is 10.2 Å². The van der Waals surface area contributed by atoms with E-state index in [0.717, 1.165) is 31.1 Å². The average Bonchev–Trinajstić information content (AvgIpc) is 3.01. The van der Waals surface area contributed by atoms with E-state index in [9.17, 15) is 31.1 Å². The quantitative estimate of drug-likeness (QED) is 0.351. The maximum absolute atomic E-state index is 13.5. The predicted molar refractivity (Wildman–Crippen MR) is 167 cm³/mol. The maximum Gasteiger partial charge on any atom is 0.416 e. The zero-order chi connectivity index (χ0) is 33.6. The van der Waals surface area contributed by atoms with Gasteiger partial charge in [-0.05, 0) is 43.9 Å². The third-order valence-electron chi connectivity index (χ3n) is 7.68. The van der Waals surface area contributed by atoms with Crippen LogP contribution in [0.2, 0.25) is 0 Å². The summed E-state index contributed by atoms with van der Waals surface area (Å²) in [5.41, 5.74) is -2.26. The molecule has 0 unspecified atom stereocenters. The summed E-state index contributed by atoms with van der Waals surface area (Å²) in [4.78, 5) is 30.1. The smallest absolute Gasteiger partial charge is 0.338 e. The molecule has 0 atom stereocenters. The van der Waals surface area contributed by atoms with Crippen LogP contribution in [0.3, 0.4) is 0 Å². The summed E-state index contributed by atoms with van der Waals surface area (Å²) in [5, 5.41) is 3.27. The number of halogens is 7. The van der Waals surface area contributed by atoms with Gasteiger partial charge >= 0.3 is 12.4 Å². The lowest BCUT2D eigenvalue weighted by Gasteiger charge is -2.32. The molecule has 3 heterocycles. The Morgan fingerprint density at radius 1 is 0.891 bits per heavy atom. The van der Waals surface area contributed by atoms with Gasteiger partial charge in [0.25, 0.3) is 5.91 Å². The number of carbonyl (C=O) groups excluding carboxylic acids is 1. The zero-order valence-corrected chi connectivity index (χ0v) is 27.3. The van der Waals surface area contributed by atoms with Crippen LogP contribution in [-0.2, 0) is 18.9 Å². The minimum atomic E-state index is -4.99. The molecule has 2 fully saturated rings. The standard InChI is InChI=1S/C26H24BrF6N5O.C5H12N2/c1-36-7-9-38(10-8-36)24-34-14-20(22(35-24)19-5-3-4-6-21(19)27)23(39)37(2)15-16-11-17(25(28,29)30)13-18(12-16)26(31,32)33;1-7-4-2-6-3-5-7/h3-6,11-14H,7-10,15H2,1-2H3;6H,2-5H2,1H3. The number of aromatic nitrogens is 2. The van der Waals surface area contributed by atoms with Gasteiger partial charge in [-0.2, -0.15) is 26.3 Å². The number of anilines is 1. The van der Waals surface area contributed by atoms with E-state index in [1.54, 1.807) is 24.3 Å².